The van der Waals surface area contributed by atoms with Crippen molar-refractivity contribution in [1.29, 1.82) is 0 Å². The van der Waals surface area contributed by atoms with E-state index < -0.39 is 0 Å². The van der Waals surface area contributed by atoms with Gasteiger partial charge in [-0.1, -0.05) is 19.1 Å². The van der Waals surface area contributed by atoms with E-state index in [0.29, 0.717) is 0 Å². The van der Waals surface area contributed by atoms with E-state index >= 15 is 0 Å². The summed E-state index contributed by atoms with van der Waals surface area (Å²) < 4.78 is 17.9. The lowest BCUT2D eigenvalue weighted by Crippen LogP contribution is -1.93. The molecule has 0 spiro atoms. The van der Waals surface area contributed by atoms with Gasteiger partial charge in [0.25, 0.3) is 0 Å². The predicted molar refractivity (Wildman–Crippen MR) is 51.6 cm³/mol. The lowest BCUT2D eigenvalue weighted by atomic mass is 10.0. The molecule has 0 N–H and O–H groups in total. The number of allylic oxidation sites excluding steroid dienone is 1. The van der Waals surface area contributed by atoms with Crippen molar-refractivity contribution in [2.24, 2.45) is 0 Å². The van der Waals surface area contributed by atoms with Crippen molar-refractivity contribution in [3.63, 3.8) is 0 Å². The van der Waals surface area contributed by atoms with Crippen LogP contribution >= 0.6 is 0 Å². The molecule has 0 amide bonds. The molecule has 0 bridgehead atoms. The molecular weight excluding hydrogens is 167 g/mol. The Morgan fingerprint density at radius 2 is 2.23 bits per heavy atom. The Morgan fingerprint density at radius 3 is 2.77 bits per heavy atom. The first-order valence-corrected chi connectivity index (χ1v) is 4.15. The third kappa shape index (κ3) is 2.08. The zero-order chi connectivity index (χ0) is 9.84. The smallest absolute Gasteiger partial charge is 0.165 e. The van der Waals surface area contributed by atoms with E-state index in [1.54, 1.807) is 12.1 Å². The minimum absolute atomic E-state index is 0.217. The standard InChI is InChI=1S/C11H13FO/c1-4-8(2)9-5-6-10(12)11(7-9)13-3/h4-8H,1H2,2-3H3. The maximum absolute atomic E-state index is 13.0. The predicted octanol–water partition coefficient (Wildman–Crippen LogP) is 3.12. The summed E-state index contributed by atoms with van der Waals surface area (Å²) in [6.45, 7) is 5.68. The number of methoxy groups -OCH3 is 1. The van der Waals surface area contributed by atoms with Gasteiger partial charge in [0, 0.05) is 0 Å². The number of halogens is 1. The van der Waals surface area contributed by atoms with Gasteiger partial charge in [0.15, 0.2) is 11.6 Å². The van der Waals surface area contributed by atoms with Crippen LogP contribution in [0.5, 0.6) is 5.75 Å². The average Bonchev–Trinajstić information content (AvgIpc) is 2.17. The van der Waals surface area contributed by atoms with Crippen molar-refractivity contribution in [1.82, 2.24) is 0 Å². The molecular formula is C11H13FO. The van der Waals surface area contributed by atoms with Gasteiger partial charge < -0.3 is 4.74 Å². The number of hydrogen-bond acceptors (Lipinski definition) is 1. The highest BCUT2D eigenvalue weighted by Gasteiger charge is 2.06. The van der Waals surface area contributed by atoms with Crippen LogP contribution in [0.4, 0.5) is 4.39 Å². The van der Waals surface area contributed by atoms with Gasteiger partial charge >= 0.3 is 0 Å². The third-order valence-corrected chi connectivity index (χ3v) is 2.05. The largest absolute Gasteiger partial charge is 0.494 e. The molecule has 1 aromatic rings. The molecule has 0 aliphatic heterocycles. The van der Waals surface area contributed by atoms with E-state index in [2.05, 4.69) is 6.58 Å². The SMILES string of the molecule is C=CC(C)c1ccc(F)c(OC)c1. The maximum Gasteiger partial charge on any atom is 0.165 e. The van der Waals surface area contributed by atoms with Gasteiger partial charge in [0.2, 0.25) is 0 Å². The van der Waals surface area contributed by atoms with Crippen molar-refractivity contribution in [3.05, 3.63) is 42.2 Å². The molecule has 1 unspecified atom stereocenters. The maximum atomic E-state index is 13.0. The van der Waals surface area contributed by atoms with Crippen molar-refractivity contribution in [2.75, 3.05) is 7.11 Å². The minimum atomic E-state index is -0.331. The summed E-state index contributed by atoms with van der Waals surface area (Å²) >= 11 is 0. The molecule has 2 heteroatoms. The molecule has 0 heterocycles. The van der Waals surface area contributed by atoms with Gasteiger partial charge in [-0.25, -0.2) is 4.39 Å². The molecule has 0 saturated heterocycles. The second-order valence-corrected chi connectivity index (χ2v) is 2.92. The fourth-order valence-corrected chi connectivity index (χ4v) is 1.10. The van der Waals surface area contributed by atoms with E-state index in [9.17, 15) is 4.39 Å². The monoisotopic (exact) mass is 180 g/mol. The van der Waals surface area contributed by atoms with E-state index in [-0.39, 0.29) is 17.5 Å². The van der Waals surface area contributed by atoms with Gasteiger partial charge in [-0.3, -0.25) is 0 Å². The molecule has 0 aliphatic carbocycles. The molecule has 1 rings (SSSR count). The number of ether oxygens (including phenoxy) is 1. The van der Waals surface area contributed by atoms with E-state index in [1.807, 2.05) is 13.0 Å². The minimum Gasteiger partial charge on any atom is -0.494 e. The first kappa shape index (κ1) is 9.78. The van der Waals surface area contributed by atoms with Crippen LogP contribution in [0.1, 0.15) is 18.4 Å². The van der Waals surface area contributed by atoms with E-state index in [4.69, 9.17) is 4.74 Å². The summed E-state index contributed by atoms with van der Waals surface area (Å²) in [4.78, 5) is 0. The summed E-state index contributed by atoms with van der Waals surface area (Å²) in [6, 6.07) is 4.85. The van der Waals surface area contributed by atoms with Crippen LogP contribution in [0.3, 0.4) is 0 Å². The van der Waals surface area contributed by atoms with Crippen LogP contribution < -0.4 is 4.74 Å². The molecule has 1 atom stereocenters. The number of benzene rings is 1. The molecule has 0 radical (unpaired) electrons. The topological polar surface area (TPSA) is 9.23 Å². The van der Waals surface area contributed by atoms with Gasteiger partial charge in [-0.05, 0) is 23.6 Å². The Hall–Kier alpha value is -1.31. The molecule has 0 aliphatic rings. The van der Waals surface area contributed by atoms with E-state index in [0.717, 1.165) is 5.56 Å². The summed E-state index contributed by atoms with van der Waals surface area (Å²) in [5, 5.41) is 0. The molecule has 0 fully saturated rings. The quantitative estimate of drug-likeness (QED) is 0.649. The zero-order valence-corrected chi connectivity index (χ0v) is 7.88. The Kier molecular flexibility index (Phi) is 3.07. The molecule has 1 nitrogen and oxygen atoms in total. The van der Waals surface area contributed by atoms with Crippen molar-refractivity contribution >= 4 is 0 Å². The second kappa shape index (κ2) is 4.08. The molecule has 13 heavy (non-hydrogen) atoms. The summed E-state index contributed by atoms with van der Waals surface area (Å²) in [7, 11) is 1.46. The zero-order valence-electron chi connectivity index (χ0n) is 7.88. The van der Waals surface area contributed by atoms with Crippen LogP contribution in [0, 0.1) is 5.82 Å². The average molecular weight is 180 g/mol. The van der Waals surface area contributed by atoms with Gasteiger partial charge in [-0.15, -0.1) is 6.58 Å². The molecule has 1 aromatic carbocycles. The fraction of sp³-hybridized carbons (Fsp3) is 0.273. The Labute approximate surface area is 77.8 Å². The lowest BCUT2D eigenvalue weighted by molar-refractivity contribution is 0.386. The van der Waals surface area contributed by atoms with Crippen LogP contribution in [0.15, 0.2) is 30.9 Å². The highest BCUT2D eigenvalue weighted by molar-refractivity contribution is 5.33. The molecule has 70 valence electrons. The molecule has 0 aromatic heterocycles. The third-order valence-electron chi connectivity index (χ3n) is 2.05. The summed E-state index contributed by atoms with van der Waals surface area (Å²) in [5.74, 6) is 0.170. The van der Waals surface area contributed by atoms with Gasteiger partial charge in [0.05, 0.1) is 7.11 Å². The van der Waals surface area contributed by atoms with Crippen molar-refractivity contribution < 1.29 is 9.13 Å². The van der Waals surface area contributed by atoms with Crippen LogP contribution in [0.2, 0.25) is 0 Å². The van der Waals surface area contributed by atoms with Gasteiger partial charge in [-0.2, -0.15) is 0 Å². The Bertz CT molecular complexity index is 307. The Balaban J connectivity index is 3.05. The van der Waals surface area contributed by atoms with E-state index in [1.165, 1.54) is 13.2 Å². The highest BCUT2D eigenvalue weighted by Crippen LogP contribution is 2.23. The fourth-order valence-electron chi connectivity index (χ4n) is 1.10. The summed E-state index contributed by atoms with van der Waals surface area (Å²) in [5.41, 5.74) is 1.01. The van der Waals surface area contributed by atoms with Gasteiger partial charge in [0.1, 0.15) is 0 Å². The van der Waals surface area contributed by atoms with Crippen molar-refractivity contribution in [2.45, 2.75) is 12.8 Å². The number of hydrogen-bond donors (Lipinski definition) is 0. The van der Waals surface area contributed by atoms with Crippen LogP contribution in [-0.4, -0.2) is 7.11 Å². The normalized spacial score (nSPS) is 12.2. The Morgan fingerprint density at radius 1 is 1.54 bits per heavy atom. The lowest BCUT2D eigenvalue weighted by Gasteiger charge is -2.08. The van der Waals surface area contributed by atoms with Crippen LogP contribution in [-0.2, 0) is 0 Å². The second-order valence-electron chi connectivity index (χ2n) is 2.92. The number of rotatable bonds is 3. The summed E-state index contributed by atoms with van der Waals surface area (Å²) in [6.07, 6.45) is 1.81. The first-order valence-electron chi connectivity index (χ1n) is 4.15. The first-order chi connectivity index (χ1) is 6.19. The van der Waals surface area contributed by atoms with Crippen molar-refractivity contribution in [3.8, 4) is 5.75 Å². The van der Waals surface area contributed by atoms with Crippen LogP contribution in [0.25, 0.3) is 0 Å². The highest BCUT2D eigenvalue weighted by atomic mass is 19.1. The molecule has 0 saturated carbocycles.